The van der Waals surface area contributed by atoms with Gasteiger partial charge in [-0.25, -0.2) is 0 Å². The number of hydrogen-bond donors (Lipinski definition) is 1. The molecule has 3 aliphatic rings. The molecule has 0 aliphatic carbocycles. The van der Waals surface area contributed by atoms with Gasteiger partial charge in [0, 0.05) is 12.6 Å². The average molecular weight is 272 g/mol. The van der Waals surface area contributed by atoms with Gasteiger partial charge in [0.25, 0.3) is 9.70 Å². The van der Waals surface area contributed by atoms with Crippen LogP contribution in [-0.2, 0) is 4.79 Å². The van der Waals surface area contributed by atoms with Gasteiger partial charge in [0.2, 0.25) is 0 Å². The first kappa shape index (κ1) is 11.8. The Hall–Kier alpha value is 0.300. The van der Waals surface area contributed by atoms with Crippen LogP contribution in [0.1, 0.15) is 12.8 Å². The summed E-state index contributed by atoms with van der Waals surface area (Å²) in [5, 5.41) is 2.81. The fourth-order valence-corrected chi connectivity index (χ4v) is 2.54. The lowest BCUT2D eigenvalue weighted by Gasteiger charge is -2.45. The van der Waals surface area contributed by atoms with Crippen molar-refractivity contribution in [3.05, 3.63) is 0 Å². The van der Waals surface area contributed by atoms with E-state index in [-0.39, 0.29) is 6.04 Å². The Kier molecular flexibility index (Phi) is 3.36. The number of halogens is 3. The van der Waals surface area contributed by atoms with Crippen molar-refractivity contribution in [3.63, 3.8) is 0 Å². The topological polar surface area (TPSA) is 32.3 Å². The molecule has 1 atom stereocenters. The Balaban J connectivity index is 1.93. The van der Waals surface area contributed by atoms with Gasteiger partial charge in [-0.2, -0.15) is 0 Å². The first-order valence-corrected chi connectivity index (χ1v) is 6.20. The van der Waals surface area contributed by atoms with Crippen LogP contribution in [0, 0.1) is 5.92 Å². The second-order valence-electron chi connectivity index (χ2n) is 4.22. The average Bonchev–Trinajstić information content (AvgIpc) is 2.18. The largest absolute Gasteiger partial charge is 0.348 e. The number of fused-ring (bicyclic) bond motifs is 3. The van der Waals surface area contributed by atoms with Crippen LogP contribution in [0.15, 0.2) is 0 Å². The van der Waals surface area contributed by atoms with Crippen LogP contribution in [0.2, 0.25) is 0 Å². The van der Waals surface area contributed by atoms with Crippen molar-refractivity contribution < 1.29 is 4.79 Å². The molecule has 0 spiro atoms. The molecule has 3 nitrogen and oxygen atoms in total. The van der Waals surface area contributed by atoms with Gasteiger partial charge in [-0.3, -0.25) is 4.79 Å². The third-order valence-electron chi connectivity index (χ3n) is 3.23. The maximum Gasteiger partial charge on any atom is 0.272 e. The second-order valence-corrected chi connectivity index (χ2v) is 6.50. The number of nitrogens with zero attached hydrogens (tertiary/aromatic N) is 1. The summed E-state index contributed by atoms with van der Waals surface area (Å²) >= 11 is 16.5. The van der Waals surface area contributed by atoms with E-state index in [1.807, 2.05) is 0 Å². The number of amides is 1. The number of rotatable bonds is 1. The zero-order chi connectivity index (χ0) is 11.1. The zero-order valence-corrected chi connectivity index (χ0v) is 10.4. The molecule has 3 saturated heterocycles. The lowest BCUT2D eigenvalue weighted by molar-refractivity contribution is -0.122. The highest BCUT2D eigenvalue weighted by Gasteiger charge is 2.38. The van der Waals surface area contributed by atoms with E-state index < -0.39 is 9.70 Å². The molecular weight excluding hydrogens is 258 g/mol. The van der Waals surface area contributed by atoms with Crippen LogP contribution >= 0.6 is 34.8 Å². The molecule has 1 amide bonds. The number of hydrogen-bond acceptors (Lipinski definition) is 2. The molecular formula is C9H13Cl3N2O. The van der Waals surface area contributed by atoms with E-state index in [2.05, 4.69) is 10.2 Å². The van der Waals surface area contributed by atoms with Crippen molar-refractivity contribution in [1.29, 1.82) is 0 Å². The smallest absolute Gasteiger partial charge is 0.272 e. The number of piperidine rings is 3. The molecule has 86 valence electrons. The molecule has 0 saturated carbocycles. The minimum Gasteiger partial charge on any atom is -0.348 e. The number of carbonyl (C=O) groups excluding carboxylic acids is 1. The molecule has 0 aromatic rings. The lowest BCUT2D eigenvalue weighted by atomic mass is 9.84. The van der Waals surface area contributed by atoms with Crippen molar-refractivity contribution in [3.8, 4) is 0 Å². The van der Waals surface area contributed by atoms with Gasteiger partial charge in [0.15, 0.2) is 0 Å². The van der Waals surface area contributed by atoms with Gasteiger partial charge in [-0.1, -0.05) is 34.8 Å². The van der Waals surface area contributed by atoms with Crippen molar-refractivity contribution >= 4 is 40.7 Å². The number of nitrogens with one attached hydrogen (secondary N) is 1. The van der Waals surface area contributed by atoms with Crippen molar-refractivity contribution in [2.45, 2.75) is 22.7 Å². The summed E-state index contributed by atoms with van der Waals surface area (Å²) in [5.41, 5.74) is 0. The minimum atomic E-state index is -1.84. The molecule has 3 fully saturated rings. The highest BCUT2D eigenvalue weighted by Crippen LogP contribution is 2.30. The number of carbonyl (C=O) groups is 1. The molecule has 3 aliphatic heterocycles. The fraction of sp³-hybridized carbons (Fsp3) is 0.889. The van der Waals surface area contributed by atoms with Gasteiger partial charge in [0.05, 0.1) is 0 Å². The van der Waals surface area contributed by atoms with E-state index in [0.717, 1.165) is 32.5 Å². The van der Waals surface area contributed by atoms with E-state index in [1.165, 1.54) is 0 Å². The summed E-state index contributed by atoms with van der Waals surface area (Å²) < 4.78 is -1.84. The third-order valence-corrected chi connectivity index (χ3v) is 3.75. The van der Waals surface area contributed by atoms with Gasteiger partial charge >= 0.3 is 0 Å². The molecule has 0 aromatic heterocycles. The Morgan fingerprint density at radius 1 is 1.27 bits per heavy atom. The van der Waals surface area contributed by atoms with E-state index in [0.29, 0.717) is 5.92 Å². The second kappa shape index (κ2) is 4.28. The van der Waals surface area contributed by atoms with E-state index in [9.17, 15) is 4.79 Å². The molecule has 1 unspecified atom stereocenters. The third kappa shape index (κ3) is 2.70. The van der Waals surface area contributed by atoms with Crippen molar-refractivity contribution in [1.82, 2.24) is 10.2 Å². The molecule has 0 radical (unpaired) electrons. The van der Waals surface area contributed by atoms with Gasteiger partial charge in [-0.15, -0.1) is 0 Å². The Labute approximate surface area is 104 Å². The van der Waals surface area contributed by atoms with Crippen LogP contribution in [-0.4, -0.2) is 40.3 Å². The SMILES string of the molecule is O=C(NC1CN2CCC1CC2)C(Cl)(Cl)Cl. The first-order valence-electron chi connectivity index (χ1n) is 5.07. The maximum absolute atomic E-state index is 11.5. The van der Waals surface area contributed by atoms with Crippen molar-refractivity contribution in [2.75, 3.05) is 19.6 Å². The molecule has 2 bridgehead atoms. The highest BCUT2D eigenvalue weighted by atomic mass is 35.6. The molecule has 3 rings (SSSR count). The lowest BCUT2D eigenvalue weighted by Crippen LogP contribution is -2.58. The van der Waals surface area contributed by atoms with Crippen LogP contribution in [0.25, 0.3) is 0 Å². The standard InChI is InChI=1S/C9H13Cl3N2O/c10-9(11,12)8(15)13-7-5-14-3-1-6(7)2-4-14/h6-7H,1-5H2,(H,13,15). The normalized spacial score (nSPS) is 35.3. The predicted molar refractivity (Wildman–Crippen MR) is 61.4 cm³/mol. The summed E-state index contributed by atoms with van der Waals surface area (Å²) in [4.78, 5) is 13.8. The molecule has 1 N–H and O–H groups in total. The van der Waals surface area contributed by atoms with E-state index >= 15 is 0 Å². The molecule has 15 heavy (non-hydrogen) atoms. The van der Waals surface area contributed by atoms with Crippen molar-refractivity contribution in [2.24, 2.45) is 5.92 Å². The maximum atomic E-state index is 11.5. The summed E-state index contributed by atoms with van der Waals surface area (Å²) in [6, 6.07) is 0.149. The van der Waals surface area contributed by atoms with Crippen LogP contribution < -0.4 is 5.32 Å². The van der Waals surface area contributed by atoms with Gasteiger partial charge in [0.1, 0.15) is 0 Å². The van der Waals surface area contributed by atoms with Crippen LogP contribution in [0.3, 0.4) is 0 Å². The first-order chi connectivity index (χ1) is 6.97. The molecule has 6 heteroatoms. The molecule has 0 aromatic carbocycles. The summed E-state index contributed by atoms with van der Waals surface area (Å²) in [6.45, 7) is 3.15. The van der Waals surface area contributed by atoms with Gasteiger partial charge in [-0.05, 0) is 31.8 Å². The van der Waals surface area contributed by atoms with Crippen LogP contribution in [0.4, 0.5) is 0 Å². The summed E-state index contributed by atoms with van der Waals surface area (Å²) in [6.07, 6.45) is 2.26. The van der Waals surface area contributed by atoms with Gasteiger partial charge < -0.3 is 10.2 Å². The van der Waals surface area contributed by atoms with Crippen LogP contribution in [0.5, 0.6) is 0 Å². The fourth-order valence-electron chi connectivity index (χ4n) is 2.38. The Bertz CT molecular complexity index is 259. The predicted octanol–water partition coefficient (Wildman–Crippen LogP) is 1.57. The summed E-state index contributed by atoms with van der Waals surface area (Å²) in [5.74, 6) is 0.0394. The Morgan fingerprint density at radius 2 is 1.87 bits per heavy atom. The quantitative estimate of drug-likeness (QED) is 0.734. The Morgan fingerprint density at radius 3 is 2.27 bits per heavy atom. The van der Waals surface area contributed by atoms with E-state index in [1.54, 1.807) is 0 Å². The summed E-state index contributed by atoms with van der Waals surface area (Å²) in [7, 11) is 0. The highest BCUT2D eigenvalue weighted by molar-refractivity contribution is 6.76. The monoisotopic (exact) mass is 270 g/mol. The number of alkyl halides is 3. The zero-order valence-electron chi connectivity index (χ0n) is 8.18. The molecule has 3 heterocycles. The van der Waals surface area contributed by atoms with E-state index in [4.69, 9.17) is 34.8 Å². The minimum absolute atomic E-state index is 0.149.